The van der Waals surface area contributed by atoms with Crippen molar-refractivity contribution >= 4 is 67.7 Å². The summed E-state index contributed by atoms with van der Waals surface area (Å²) in [6, 6.07) is 14.5. The fourth-order valence-corrected chi connectivity index (χ4v) is 4.99. The normalized spacial score (nSPS) is 11.5. The van der Waals surface area contributed by atoms with Crippen LogP contribution in [0.25, 0.3) is 11.0 Å². The summed E-state index contributed by atoms with van der Waals surface area (Å²) in [6.45, 7) is 8.13. The van der Waals surface area contributed by atoms with Gasteiger partial charge in [0.05, 0.1) is 28.2 Å². The first-order valence-electron chi connectivity index (χ1n) is 12.8. The quantitative estimate of drug-likeness (QED) is 0.207. The lowest BCUT2D eigenvalue weighted by atomic mass is 9.95. The Morgan fingerprint density at radius 3 is 2.42 bits per heavy atom. The van der Waals surface area contributed by atoms with Crippen molar-refractivity contribution in [2.45, 2.75) is 40.7 Å². The van der Waals surface area contributed by atoms with E-state index < -0.39 is 5.41 Å². The average molecular weight is 646 g/mol. The molecule has 0 atom stereocenters. The van der Waals surface area contributed by atoms with Crippen LogP contribution in [-0.2, 0) is 24.8 Å². The lowest BCUT2D eigenvalue weighted by molar-refractivity contribution is -0.128. The van der Waals surface area contributed by atoms with Crippen molar-refractivity contribution in [3.63, 3.8) is 0 Å². The molecule has 1 heterocycles. The second-order valence-corrected chi connectivity index (χ2v) is 12.1. The molecular weight excluding hydrogens is 615 g/mol. The first kappa shape index (κ1) is 29.9. The van der Waals surface area contributed by atoms with Gasteiger partial charge in [-0.1, -0.05) is 66.0 Å². The molecule has 2 amide bonds. The summed E-state index contributed by atoms with van der Waals surface area (Å²) in [6.07, 6.45) is 0.355. The minimum atomic E-state index is -0.511. The van der Waals surface area contributed by atoms with Gasteiger partial charge < -0.3 is 19.9 Å². The van der Waals surface area contributed by atoms with Crippen molar-refractivity contribution in [2.24, 2.45) is 12.5 Å². The minimum absolute atomic E-state index is 0.0690. The zero-order chi connectivity index (χ0) is 29.2. The van der Waals surface area contributed by atoms with Gasteiger partial charge in [0.25, 0.3) is 5.91 Å². The second-order valence-electron chi connectivity index (χ2n) is 10.4. The second kappa shape index (κ2) is 12.2. The molecule has 3 aromatic carbocycles. The number of amides is 2. The van der Waals surface area contributed by atoms with Crippen molar-refractivity contribution in [3.8, 4) is 5.75 Å². The number of aryl methyl sites for hydroxylation is 1. The van der Waals surface area contributed by atoms with Crippen LogP contribution in [0.2, 0.25) is 10.0 Å². The Balaban J connectivity index is 1.66. The number of ether oxygens (including phenoxy) is 1. The van der Waals surface area contributed by atoms with Gasteiger partial charge in [0.1, 0.15) is 11.6 Å². The van der Waals surface area contributed by atoms with Crippen LogP contribution in [0.4, 0.5) is 5.69 Å². The van der Waals surface area contributed by atoms with Crippen LogP contribution in [0.1, 0.15) is 55.0 Å². The number of rotatable bonds is 8. The van der Waals surface area contributed by atoms with E-state index >= 15 is 0 Å². The van der Waals surface area contributed by atoms with E-state index in [9.17, 15) is 9.59 Å². The molecule has 4 rings (SSSR count). The number of benzene rings is 3. The van der Waals surface area contributed by atoms with E-state index in [1.165, 1.54) is 0 Å². The molecule has 1 aromatic heterocycles. The summed E-state index contributed by atoms with van der Waals surface area (Å²) < 4.78 is 8.70. The van der Waals surface area contributed by atoms with Gasteiger partial charge in [-0.3, -0.25) is 9.59 Å². The Hall–Kier alpha value is -3.07. The van der Waals surface area contributed by atoms with Gasteiger partial charge in [0.15, 0.2) is 0 Å². The number of anilines is 1. The van der Waals surface area contributed by atoms with Crippen LogP contribution in [0.5, 0.6) is 5.75 Å². The number of hydrogen-bond acceptors (Lipinski definition) is 4. The Bertz CT molecular complexity index is 1580. The van der Waals surface area contributed by atoms with E-state index in [1.807, 2.05) is 75.7 Å². The first-order chi connectivity index (χ1) is 18.9. The number of imidazole rings is 1. The molecular formula is C30H31BrCl2N4O3. The van der Waals surface area contributed by atoms with E-state index in [-0.39, 0.29) is 18.4 Å². The van der Waals surface area contributed by atoms with Gasteiger partial charge in [-0.2, -0.15) is 0 Å². The largest absolute Gasteiger partial charge is 0.493 e. The van der Waals surface area contributed by atoms with Crippen LogP contribution >= 0.6 is 39.1 Å². The van der Waals surface area contributed by atoms with Crippen molar-refractivity contribution in [1.29, 1.82) is 0 Å². The van der Waals surface area contributed by atoms with Crippen molar-refractivity contribution < 1.29 is 14.3 Å². The van der Waals surface area contributed by atoms with Gasteiger partial charge in [0, 0.05) is 46.7 Å². The van der Waals surface area contributed by atoms with Crippen LogP contribution in [0, 0.1) is 5.41 Å². The molecule has 0 spiro atoms. The molecule has 10 heteroatoms. The molecule has 0 radical (unpaired) electrons. The molecule has 2 N–H and O–H groups in total. The molecule has 0 aliphatic carbocycles. The molecule has 0 saturated heterocycles. The zero-order valence-corrected chi connectivity index (χ0v) is 26.1. The van der Waals surface area contributed by atoms with Gasteiger partial charge in [-0.25, -0.2) is 4.98 Å². The van der Waals surface area contributed by atoms with E-state index in [0.717, 1.165) is 15.6 Å². The third kappa shape index (κ3) is 6.62. The van der Waals surface area contributed by atoms with Gasteiger partial charge >= 0.3 is 0 Å². The summed E-state index contributed by atoms with van der Waals surface area (Å²) in [4.78, 5) is 30.4. The number of hydrogen-bond donors (Lipinski definition) is 2. The van der Waals surface area contributed by atoms with E-state index in [2.05, 4.69) is 26.6 Å². The summed E-state index contributed by atoms with van der Waals surface area (Å²) >= 11 is 16.8. The topological polar surface area (TPSA) is 85.2 Å². The number of fused-ring (bicyclic) bond motifs is 1. The number of nitrogens with zero attached hydrogens (tertiary/aromatic N) is 2. The number of halogens is 3. The predicted molar refractivity (Wildman–Crippen MR) is 165 cm³/mol. The molecule has 210 valence electrons. The van der Waals surface area contributed by atoms with E-state index in [0.29, 0.717) is 57.0 Å². The molecule has 0 aliphatic rings. The highest BCUT2D eigenvalue weighted by molar-refractivity contribution is 9.10. The van der Waals surface area contributed by atoms with Crippen LogP contribution in [-0.4, -0.2) is 28.0 Å². The first-order valence-corrected chi connectivity index (χ1v) is 14.4. The number of aromatic nitrogens is 2. The van der Waals surface area contributed by atoms with Gasteiger partial charge in [0.2, 0.25) is 5.91 Å². The maximum absolute atomic E-state index is 13.2. The van der Waals surface area contributed by atoms with Crippen LogP contribution in [0.15, 0.2) is 53.0 Å². The Morgan fingerprint density at radius 1 is 1.07 bits per heavy atom. The van der Waals surface area contributed by atoms with Crippen molar-refractivity contribution in [2.75, 3.05) is 11.9 Å². The summed E-state index contributed by atoms with van der Waals surface area (Å²) in [5.74, 6) is 0.811. The monoisotopic (exact) mass is 644 g/mol. The fraction of sp³-hybridized carbons (Fsp3) is 0.300. The maximum Gasteiger partial charge on any atom is 0.259 e. The highest BCUT2D eigenvalue weighted by Gasteiger charge is 2.23. The smallest absolute Gasteiger partial charge is 0.259 e. The van der Waals surface area contributed by atoms with E-state index in [1.54, 1.807) is 12.1 Å². The summed E-state index contributed by atoms with van der Waals surface area (Å²) in [5, 5.41) is 6.85. The Labute approximate surface area is 252 Å². The molecule has 0 unspecified atom stereocenters. The minimum Gasteiger partial charge on any atom is -0.493 e. The highest BCUT2D eigenvalue weighted by Crippen LogP contribution is 2.33. The Kier molecular flexibility index (Phi) is 9.12. The highest BCUT2D eigenvalue weighted by atomic mass is 79.9. The third-order valence-corrected chi connectivity index (χ3v) is 7.80. The molecule has 7 nitrogen and oxygen atoms in total. The van der Waals surface area contributed by atoms with Crippen LogP contribution < -0.4 is 15.4 Å². The Morgan fingerprint density at radius 2 is 1.77 bits per heavy atom. The maximum atomic E-state index is 13.2. The summed E-state index contributed by atoms with van der Waals surface area (Å²) in [5.41, 5.74) is 3.46. The van der Waals surface area contributed by atoms with Crippen molar-refractivity contribution in [3.05, 3.63) is 85.6 Å². The van der Waals surface area contributed by atoms with E-state index in [4.69, 9.17) is 32.9 Å². The fourth-order valence-electron chi connectivity index (χ4n) is 4.15. The molecule has 0 saturated carbocycles. The molecule has 40 heavy (non-hydrogen) atoms. The lowest BCUT2D eigenvalue weighted by Crippen LogP contribution is -2.34. The predicted octanol–water partition coefficient (Wildman–Crippen LogP) is 7.55. The average Bonchev–Trinajstić information content (AvgIpc) is 3.20. The molecule has 0 fully saturated rings. The van der Waals surface area contributed by atoms with Gasteiger partial charge in [-0.15, -0.1) is 0 Å². The molecule has 0 aliphatic heterocycles. The standard InChI is InChI=1S/C30H31BrCl2N4O3/c1-6-40-25-15-24-23(13-21(25)28(38)35-19-10-8-18(31)9-11-19)36-26(37(24)5)14-20-22(32)12-7-17(27(20)33)16-34-29(39)30(2,3)4/h7-13,15H,6,14,16H2,1-5H3,(H,34,39)(H,35,38). The molecule has 4 aromatic rings. The zero-order valence-electron chi connectivity index (χ0n) is 23.0. The third-order valence-electron chi connectivity index (χ3n) is 6.44. The number of carbonyl (C=O) groups excluding carboxylic acids is 2. The number of nitrogens with one attached hydrogen (secondary N) is 2. The van der Waals surface area contributed by atoms with Crippen LogP contribution in [0.3, 0.4) is 0 Å². The SMILES string of the molecule is CCOc1cc2c(cc1C(=O)Nc1ccc(Br)cc1)nc(Cc1c(Cl)ccc(CNC(=O)C(C)(C)C)c1Cl)n2C. The van der Waals surface area contributed by atoms with Crippen molar-refractivity contribution in [1.82, 2.24) is 14.9 Å². The summed E-state index contributed by atoms with van der Waals surface area (Å²) in [7, 11) is 1.90. The molecule has 0 bridgehead atoms. The number of carbonyl (C=O) groups is 2. The van der Waals surface area contributed by atoms with Gasteiger partial charge in [-0.05, 0) is 54.4 Å². The lowest BCUT2D eigenvalue weighted by Gasteiger charge is -2.18.